The van der Waals surface area contributed by atoms with Crippen molar-refractivity contribution < 1.29 is 4.79 Å². The summed E-state index contributed by atoms with van der Waals surface area (Å²) in [6.45, 7) is 14.3. The van der Waals surface area contributed by atoms with Crippen molar-refractivity contribution in [3.05, 3.63) is 23.8 Å². The summed E-state index contributed by atoms with van der Waals surface area (Å²) in [5.74, 6) is -0.0268. The Morgan fingerprint density at radius 3 is 2.21 bits per heavy atom. The smallest absolute Gasteiger partial charge is 0.221 e. The fraction of sp³-hybridized carbons (Fsp3) is 0.562. The van der Waals surface area contributed by atoms with E-state index >= 15 is 0 Å². The van der Waals surface area contributed by atoms with Crippen LogP contribution in [0.4, 0.5) is 11.4 Å². The van der Waals surface area contributed by atoms with Crippen molar-refractivity contribution in [2.75, 3.05) is 23.3 Å². The van der Waals surface area contributed by atoms with Crippen LogP contribution in [0.25, 0.3) is 0 Å². The van der Waals surface area contributed by atoms with Crippen molar-refractivity contribution in [3.63, 3.8) is 0 Å². The second-order valence-corrected chi connectivity index (χ2v) is 5.83. The molecule has 0 spiro atoms. The molecule has 0 bridgehead atoms. The van der Waals surface area contributed by atoms with E-state index in [4.69, 9.17) is 0 Å². The molecule has 0 radical (unpaired) electrons. The molecule has 1 amide bonds. The molecule has 0 heterocycles. The maximum absolute atomic E-state index is 11.3. The predicted octanol–water partition coefficient (Wildman–Crippen LogP) is 3.79. The lowest BCUT2D eigenvalue weighted by Crippen LogP contribution is -2.23. The molecule has 0 fully saturated rings. The summed E-state index contributed by atoms with van der Waals surface area (Å²) in [5.41, 5.74) is 3.30. The number of benzene rings is 1. The van der Waals surface area contributed by atoms with E-state index in [9.17, 15) is 4.79 Å². The van der Waals surface area contributed by atoms with Gasteiger partial charge in [0, 0.05) is 31.4 Å². The lowest BCUT2D eigenvalue weighted by atomic mass is 9.85. The van der Waals surface area contributed by atoms with E-state index in [1.54, 1.807) is 6.92 Å². The van der Waals surface area contributed by atoms with Crippen molar-refractivity contribution in [2.24, 2.45) is 0 Å². The largest absolute Gasteiger partial charge is 0.372 e. The van der Waals surface area contributed by atoms with Crippen molar-refractivity contribution in [3.8, 4) is 0 Å². The summed E-state index contributed by atoms with van der Waals surface area (Å²) < 4.78 is 0. The first-order valence-corrected chi connectivity index (χ1v) is 6.96. The van der Waals surface area contributed by atoms with Gasteiger partial charge in [0.15, 0.2) is 0 Å². The molecule has 0 aliphatic heterocycles. The second kappa shape index (κ2) is 6.09. The first kappa shape index (κ1) is 15.5. The topological polar surface area (TPSA) is 32.3 Å². The van der Waals surface area contributed by atoms with Crippen molar-refractivity contribution in [1.29, 1.82) is 0 Å². The van der Waals surface area contributed by atoms with Gasteiger partial charge < -0.3 is 10.2 Å². The van der Waals surface area contributed by atoms with Crippen LogP contribution in [-0.2, 0) is 10.2 Å². The molecule has 0 aliphatic carbocycles. The van der Waals surface area contributed by atoms with Gasteiger partial charge in [0.2, 0.25) is 5.91 Å². The number of rotatable bonds is 4. The summed E-state index contributed by atoms with van der Waals surface area (Å²) in [6, 6.07) is 6.28. The third kappa shape index (κ3) is 3.98. The summed E-state index contributed by atoms with van der Waals surface area (Å²) >= 11 is 0. The highest BCUT2D eigenvalue weighted by molar-refractivity contribution is 5.90. The average Bonchev–Trinajstić information content (AvgIpc) is 2.30. The van der Waals surface area contributed by atoms with Crippen LogP contribution in [0.2, 0.25) is 0 Å². The minimum atomic E-state index is -0.0268. The zero-order valence-corrected chi connectivity index (χ0v) is 13.0. The van der Waals surface area contributed by atoms with Gasteiger partial charge in [0.05, 0.1) is 0 Å². The Labute approximate surface area is 117 Å². The first-order chi connectivity index (χ1) is 8.79. The van der Waals surface area contributed by atoms with Gasteiger partial charge in [0.25, 0.3) is 0 Å². The summed E-state index contributed by atoms with van der Waals surface area (Å²) in [7, 11) is 0. The fourth-order valence-corrected chi connectivity index (χ4v) is 2.24. The Morgan fingerprint density at radius 2 is 1.79 bits per heavy atom. The predicted molar refractivity (Wildman–Crippen MR) is 83.0 cm³/mol. The summed E-state index contributed by atoms with van der Waals surface area (Å²) in [4.78, 5) is 13.6. The highest BCUT2D eigenvalue weighted by Gasteiger charge is 2.20. The molecule has 3 nitrogen and oxygen atoms in total. The van der Waals surface area contributed by atoms with Crippen LogP contribution in [0.15, 0.2) is 18.2 Å². The molecule has 1 aromatic rings. The highest BCUT2D eigenvalue weighted by Crippen LogP contribution is 2.33. The zero-order chi connectivity index (χ0) is 14.6. The lowest BCUT2D eigenvalue weighted by Gasteiger charge is -2.27. The zero-order valence-electron chi connectivity index (χ0n) is 13.0. The van der Waals surface area contributed by atoms with Gasteiger partial charge in [0.1, 0.15) is 0 Å². The Morgan fingerprint density at radius 1 is 1.21 bits per heavy atom. The number of carbonyl (C=O) groups excluding carboxylic acids is 1. The van der Waals surface area contributed by atoms with E-state index < -0.39 is 0 Å². The minimum Gasteiger partial charge on any atom is -0.372 e. The van der Waals surface area contributed by atoms with Gasteiger partial charge in [-0.25, -0.2) is 0 Å². The summed E-state index contributed by atoms with van der Waals surface area (Å²) in [6.07, 6.45) is 0. The second-order valence-electron chi connectivity index (χ2n) is 5.83. The van der Waals surface area contributed by atoms with Crippen LogP contribution in [0, 0.1) is 0 Å². The fourth-order valence-electron chi connectivity index (χ4n) is 2.24. The molecule has 0 aromatic heterocycles. The van der Waals surface area contributed by atoms with Crippen molar-refractivity contribution in [1.82, 2.24) is 0 Å². The molecule has 0 saturated heterocycles. The molecule has 3 heteroatoms. The van der Waals surface area contributed by atoms with Gasteiger partial charge in [-0.15, -0.1) is 0 Å². The van der Waals surface area contributed by atoms with E-state index in [1.807, 2.05) is 6.07 Å². The third-order valence-corrected chi connectivity index (χ3v) is 3.25. The standard InChI is InChI=1S/C16H26N2O/c1-7-18(8-2)13-9-10-15(17-12(3)19)14(11-13)16(4,5)6/h9-11H,7-8H2,1-6H3,(H,17,19). The number of hydrogen-bond donors (Lipinski definition) is 1. The van der Waals surface area contributed by atoms with E-state index in [1.165, 1.54) is 11.3 Å². The number of nitrogens with zero attached hydrogens (tertiary/aromatic N) is 1. The normalized spacial score (nSPS) is 11.3. The number of carbonyl (C=O) groups is 1. The molecule has 0 unspecified atom stereocenters. The molecule has 106 valence electrons. The Kier molecular flexibility index (Phi) is 4.98. The third-order valence-electron chi connectivity index (χ3n) is 3.25. The SMILES string of the molecule is CCN(CC)c1ccc(NC(C)=O)c(C(C)(C)C)c1. The molecule has 1 rings (SSSR count). The quantitative estimate of drug-likeness (QED) is 0.895. The molecule has 19 heavy (non-hydrogen) atoms. The van der Waals surface area contributed by atoms with Crippen LogP contribution in [-0.4, -0.2) is 19.0 Å². The molecule has 0 aliphatic rings. The molecular formula is C16H26N2O. The minimum absolute atomic E-state index is 0.000939. The van der Waals surface area contributed by atoms with E-state index in [0.29, 0.717) is 0 Å². The van der Waals surface area contributed by atoms with Crippen molar-refractivity contribution in [2.45, 2.75) is 47.0 Å². The maximum atomic E-state index is 11.3. The monoisotopic (exact) mass is 262 g/mol. The maximum Gasteiger partial charge on any atom is 0.221 e. The van der Waals surface area contributed by atoms with Crippen LogP contribution >= 0.6 is 0 Å². The van der Waals surface area contributed by atoms with Gasteiger partial charge in [-0.3, -0.25) is 4.79 Å². The molecule has 1 N–H and O–H groups in total. The Bertz CT molecular complexity index is 443. The number of nitrogens with one attached hydrogen (secondary N) is 1. The highest BCUT2D eigenvalue weighted by atomic mass is 16.1. The number of anilines is 2. The molecule has 1 aromatic carbocycles. The van der Waals surface area contributed by atoms with Gasteiger partial charge in [-0.2, -0.15) is 0 Å². The van der Waals surface area contributed by atoms with Gasteiger partial charge >= 0.3 is 0 Å². The van der Waals surface area contributed by atoms with Crippen LogP contribution in [0.1, 0.15) is 47.1 Å². The van der Waals surface area contributed by atoms with Crippen LogP contribution in [0.3, 0.4) is 0 Å². The van der Waals surface area contributed by atoms with Crippen LogP contribution < -0.4 is 10.2 Å². The van der Waals surface area contributed by atoms with E-state index in [0.717, 1.165) is 18.8 Å². The van der Waals surface area contributed by atoms with E-state index in [2.05, 4.69) is 57.0 Å². The van der Waals surface area contributed by atoms with E-state index in [-0.39, 0.29) is 11.3 Å². The number of hydrogen-bond acceptors (Lipinski definition) is 2. The first-order valence-electron chi connectivity index (χ1n) is 6.96. The summed E-state index contributed by atoms with van der Waals surface area (Å²) in [5, 5.41) is 2.92. The van der Waals surface area contributed by atoms with Crippen LogP contribution in [0.5, 0.6) is 0 Å². The Hall–Kier alpha value is -1.51. The lowest BCUT2D eigenvalue weighted by molar-refractivity contribution is -0.114. The average molecular weight is 262 g/mol. The van der Waals surface area contributed by atoms with Crippen molar-refractivity contribution >= 4 is 17.3 Å². The molecule has 0 saturated carbocycles. The molecular weight excluding hydrogens is 236 g/mol. The Balaban J connectivity index is 3.26. The molecule has 0 atom stereocenters. The van der Waals surface area contributed by atoms with Gasteiger partial charge in [-0.1, -0.05) is 20.8 Å². The van der Waals surface area contributed by atoms with Gasteiger partial charge in [-0.05, 0) is 43.0 Å². The number of amides is 1.